The van der Waals surface area contributed by atoms with Crippen molar-refractivity contribution in [2.24, 2.45) is 0 Å². The fraction of sp³-hybridized carbons (Fsp3) is 0.316. The van der Waals surface area contributed by atoms with Crippen LogP contribution in [0, 0.1) is 13.8 Å². The Morgan fingerprint density at radius 3 is 2.54 bits per heavy atom. The van der Waals surface area contributed by atoms with E-state index in [1.54, 1.807) is 13.8 Å². The third-order valence-corrected chi connectivity index (χ3v) is 4.07. The van der Waals surface area contributed by atoms with Crippen LogP contribution in [0.2, 0.25) is 0 Å². The van der Waals surface area contributed by atoms with Gasteiger partial charge in [-0.25, -0.2) is 18.4 Å². The zero-order chi connectivity index (χ0) is 18.8. The average Bonchev–Trinajstić information content (AvgIpc) is 2.90. The minimum Gasteiger partial charge on any atom is -0.465 e. The minimum absolute atomic E-state index is 0.141. The lowest BCUT2D eigenvalue weighted by Gasteiger charge is -2.09. The van der Waals surface area contributed by atoms with Crippen molar-refractivity contribution in [2.45, 2.75) is 33.7 Å². The van der Waals surface area contributed by atoms with E-state index in [2.05, 4.69) is 10.1 Å². The molecule has 1 aromatic carbocycles. The van der Waals surface area contributed by atoms with Crippen LogP contribution in [0.1, 0.15) is 30.2 Å². The molecule has 0 aliphatic rings. The van der Waals surface area contributed by atoms with E-state index < -0.39 is 12.4 Å². The Balaban J connectivity index is 2.19. The predicted octanol–water partition coefficient (Wildman–Crippen LogP) is 4.22. The Morgan fingerprint density at radius 1 is 1.23 bits per heavy atom. The molecule has 0 radical (unpaired) electrons. The number of ether oxygens (including phenoxy) is 1. The lowest BCUT2D eigenvalue weighted by Crippen LogP contribution is -2.15. The number of pyridine rings is 1. The summed E-state index contributed by atoms with van der Waals surface area (Å²) in [4.78, 5) is 16.3. The van der Waals surface area contributed by atoms with E-state index in [9.17, 15) is 13.6 Å². The molecule has 0 spiro atoms. The van der Waals surface area contributed by atoms with Gasteiger partial charge >= 0.3 is 5.97 Å². The third kappa shape index (κ3) is 3.42. The second kappa shape index (κ2) is 7.19. The van der Waals surface area contributed by atoms with Crippen LogP contribution < -0.4 is 0 Å². The molecular formula is C19H19F2N3O2. The fourth-order valence-electron chi connectivity index (χ4n) is 2.87. The van der Waals surface area contributed by atoms with Gasteiger partial charge in [-0.1, -0.05) is 29.8 Å². The largest absolute Gasteiger partial charge is 0.465 e. The zero-order valence-electron chi connectivity index (χ0n) is 14.8. The molecule has 0 fully saturated rings. The highest BCUT2D eigenvalue weighted by Crippen LogP contribution is 2.33. The summed E-state index contributed by atoms with van der Waals surface area (Å²) >= 11 is 0. The van der Waals surface area contributed by atoms with E-state index in [0.717, 1.165) is 11.1 Å². The van der Waals surface area contributed by atoms with Crippen LogP contribution in [0.5, 0.6) is 0 Å². The van der Waals surface area contributed by atoms with Crippen molar-refractivity contribution in [2.75, 3.05) is 6.61 Å². The maximum atomic E-state index is 13.7. The molecule has 0 amide bonds. The van der Waals surface area contributed by atoms with Crippen LogP contribution in [-0.4, -0.2) is 27.3 Å². The molecule has 0 atom stereocenters. The highest BCUT2D eigenvalue weighted by Gasteiger charge is 2.22. The third-order valence-electron chi connectivity index (χ3n) is 4.07. The molecule has 26 heavy (non-hydrogen) atoms. The van der Waals surface area contributed by atoms with Gasteiger partial charge in [-0.3, -0.25) is 4.79 Å². The summed E-state index contributed by atoms with van der Waals surface area (Å²) in [6.45, 7) is 5.34. The molecule has 0 bridgehead atoms. The number of rotatable bonds is 5. The number of alkyl halides is 2. The van der Waals surface area contributed by atoms with E-state index in [1.807, 2.05) is 31.2 Å². The first-order chi connectivity index (χ1) is 12.4. The highest BCUT2D eigenvalue weighted by molar-refractivity contribution is 5.86. The number of aromatic nitrogens is 3. The molecule has 0 saturated heterocycles. The van der Waals surface area contributed by atoms with Crippen LogP contribution in [-0.2, 0) is 16.1 Å². The molecule has 0 saturated carbocycles. The maximum Gasteiger partial charge on any atom is 0.327 e. The second-order valence-corrected chi connectivity index (χ2v) is 6.01. The van der Waals surface area contributed by atoms with Crippen molar-refractivity contribution in [1.82, 2.24) is 14.8 Å². The average molecular weight is 359 g/mol. The number of esters is 1. The van der Waals surface area contributed by atoms with Crippen molar-refractivity contribution in [3.05, 3.63) is 47.2 Å². The van der Waals surface area contributed by atoms with Gasteiger partial charge in [0.2, 0.25) is 0 Å². The monoisotopic (exact) mass is 359 g/mol. The summed E-state index contributed by atoms with van der Waals surface area (Å²) in [6.07, 6.45) is -2.68. The van der Waals surface area contributed by atoms with Gasteiger partial charge in [-0.15, -0.1) is 0 Å². The van der Waals surface area contributed by atoms with E-state index in [1.165, 1.54) is 10.7 Å². The molecule has 0 aliphatic heterocycles. The lowest BCUT2D eigenvalue weighted by molar-refractivity contribution is -0.143. The summed E-state index contributed by atoms with van der Waals surface area (Å²) in [6, 6.07) is 8.84. The molecular weight excluding hydrogens is 340 g/mol. The van der Waals surface area contributed by atoms with Gasteiger partial charge in [-0.05, 0) is 26.8 Å². The summed E-state index contributed by atoms with van der Waals surface area (Å²) in [7, 11) is 0. The molecule has 3 rings (SSSR count). The molecule has 136 valence electrons. The molecule has 0 N–H and O–H groups in total. The van der Waals surface area contributed by atoms with Crippen LogP contribution >= 0.6 is 0 Å². The first kappa shape index (κ1) is 18.0. The fourth-order valence-corrected chi connectivity index (χ4v) is 2.87. The molecule has 5 nitrogen and oxygen atoms in total. The molecule has 2 heterocycles. The number of nitrogens with zero attached hydrogens (tertiary/aromatic N) is 3. The van der Waals surface area contributed by atoms with Crippen molar-refractivity contribution < 1.29 is 18.3 Å². The summed E-state index contributed by atoms with van der Waals surface area (Å²) < 4.78 is 33.6. The summed E-state index contributed by atoms with van der Waals surface area (Å²) in [5, 5.41) is 4.50. The van der Waals surface area contributed by atoms with E-state index in [0.29, 0.717) is 11.4 Å². The molecule has 3 aromatic rings. The number of hydrogen-bond acceptors (Lipinski definition) is 4. The Labute approximate surface area is 149 Å². The molecule has 0 unspecified atom stereocenters. The number of halogens is 2. The van der Waals surface area contributed by atoms with Crippen LogP contribution in [0.15, 0.2) is 30.3 Å². The van der Waals surface area contributed by atoms with Crippen LogP contribution in [0.25, 0.3) is 22.3 Å². The number of hydrogen-bond donors (Lipinski definition) is 0. The summed E-state index contributed by atoms with van der Waals surface area (Å²) in [5.74, 6) is -0.488. The van der Waals surface area contributed by atoms with Gasteiger partial charge < -0.3 is 4.74 Å². The smallest absolute Gasteiger partial charge is 0.327 e. The van der Waals surface area contributed by atoms with Gasteiger partial charge in [0.15, 0.2) is 5.65 Å². The number of fused-ring (bicyclic) bond motifs is 1. The van der Waals surface area contributed by atoms with Gasteiger partial charge in [0.25, 0.3) is 6.43 Å². The number of carbonyl (C=O) groups excluding carboxylic acids is 1. The minimum atomic E-state index is -2.68. The zero-order valence-corrected chi connectivity index (χ0v) is 14.8. The number of aryl methyl sites for hydroxylation is 2. The first-order valence-corrected chi connectivity index (χ1v) is 8.29. The van der Waals surface area contributed by atoms with E-state index in [-0.39, 0.29) is 29.7 Å². The van der Waals surface area contributed by atoms with Gasteiger partial charge in [0, 0.05) is 11.1 Å². The molecule has 2 aromatic heterocycles. The van der Waals surface area contributed by atoms with Gasteiger partial charge in [0.05, 0.1) is 23.4 Å². The standard InChI is InChI=1S/C19H19F2N3O2/c1-4-26-16(25)10-24-19-17(12(3)23-24)14(18(20)21)9-15(22-19)13-7-5-11(2)6-8-13/h5-9,18H,4,10H2,1-3H3. The van der Waals surface area contributed by atoms with Crippen molar-refractivity contribution in [3.8, 4) is 11.3 Å². The Bertz CT molecular complexity index is 950. The number of carbonyl (C=O) groups is 1. The van der Waals surface area contributed by atoms with Crippen LogP contribution in [0.4, 0.5) is 8.78 Å². The highest BCUT2D eigenvalue weighted by atomic mass is 19.3. The predicted molar refractivity (Wildman–Crippen MR) is 94.0 cm³/mol. The van der Waals surface area contributed by atoms with Crippen molar-refractivity contribution in [3.63, 3.8) is 0 Å². The first-order valence-electron chi connectivity index (χ1n) is 8.29. The lowest BCUT2D eigenvalue weighted by atomic mass is 10.0. The molecule has 0 aliphatic carbocycles. The summed E-state index contributed by atoms with van der Waals surface area (Å²) in [5.41, 5.74) is 2.72. The Morgan fingerprint density at radius 2 is 1.92 bits per heavy atom. The van der Waals surface area contributed by atoms with Crippen LogP contribution in [0.3, 0.4) is 0 Å². The molecule has 7 heteroatoms. The van der Waals surface area contributed by atoms with E-state index >= 15 is 0 Å². The Hall–Kier alpha value is -2.83. The Kier molecular flexibility index (Phi) is 4.97. The maximum absolute atomic E-state index is 13.7. The number of benzene rings is 1. The van der Waals surface area contributed by atoms with Gasteiger partial charge in [-0.2, -0.15) is 5.10 Å². The second-order valence-electron chi connectivity index (χ2n) is 6.01. The quantitative estimate of drug-likeness (QED) is 0.640. The normalized spacial score (nSPS) is 11.3. The SMILES string of the molecule is CCOC(=O)Cn1nc(C)c2c(C(F)F)cc(-c3ccc(C)cc3)nc21. The van der Waals surface area contributed by atoms with Crippen molar-refractivity contribution >= 4 is 17.0 Å². The van der Waals surface area contributed by atoms with Gasteiger partial charge in [0.1, 0.15) is 6.54 Å². The topological polar surface area (TPSA) is 57.0 Å². The van der Waals surface area contributed by atoms with Crippen molar-refractivity contribution in [1.29, 1.82) is 0 Å². The van der Waals surface area contributed by atoms with E-state index in [4.69, 9.17) is 4.74 Å².